The summed E-state index contributed by atoms with van der Waals surface area (Å²) in [7, 11) is 0. The van der Waals surface area contributed by atoms with Crippen molar-refractivity contribution in [1.29, 1.82) is 5.26 Å². The van der Waals surface area contributed by atoms with Crippen LogP contribution in [0.25, 0.3) is 0 Å². The van der Waals surface area contributed by atoms with Gasteiger partial charge in [0, 0.05) is 5.56 Å². The molecule has 94 valence electrons. The number of hydrogen-bond acceptors (Lipinski definition) is 4. The summed E-state index contributed by atoms with van der Waals surface area (Å²) < 4.78 is 1.000. The molecule has 0 aliphatic carbocycles. The summed E-state index contributed by atoms with van der Waals surface area (Å²) in [4.78, 5) is 20.1. The molecule has 0 saturated heterocycles. The molecule has 1 amide bonds. The van der Waals surface area contributed by atoms with E-state index in [2.05, 4.69) is 47.1 Å². The molecule has 0 saturated carbocycles. The molecule has 1 heterocycles. The van der Waals surface area contributed by atoms with Gasteiger partial charge in [-0.3, -0.25) is 4.79 Å². The van der Waals surface area contributed by atoms with Gasteiger partial charge < -0.3 is 5.32 Å². The normalized spacial score (nSPS) is 9.74. The maximum Gasteiger partial charge on any atom is 0.256 e. The van der Waals surface area contributed by atoms with Crippen LogP contribution in [0.1, 0.15) is 15.9 Å². The fourth-order valence-electron chi connectivity index (χ4n) is 1.31. The fraction of sp³-hybridized carbons (Fsp3) is 0. The number of amides is 1. The molecule has 0 spiro atoms. The number of aromatic nitrogens is 2. The summed E-state index contributed by atoms with van der Waals surface area (Å²) in [5.41, 5.74) is 0.941. The van der Waals surface area contributed by atoms with Gasteiger partial charge in [0.15, 0.2) is 5.82 Å². The van der Waals surface area contributed by atoms with Gasteiger partial charge in [0.05, 0.1) is 17.8 Å². The van der Waals surface area contributed by atoms with Gasteiger partial charge in [-0.15, -0.1) is 0 Å². The van der Waals surface area contributed by atoms with Gasteiger partial charge in [0.25, 0.3) is 5.91 Å². The Bertz CT molecular complexity index is 664. The number of anilines is 1. The molecule has 1 N–H and O–H groups in total. The monoisotopic (exact) mass is 380 g/mol. The molecule has 2 aromatic rings. The van der Waals surface area contributed by atoms with Crippen molar-refractivity contribution in [3.63, 3.8) is 0 Å². The molecule has 0 radical (unpaired) electrons. The number of carbonyl (C=O) groups excluding carboxylic acids is 1. The predicted molar refractivity (Wildman–Crippen MR) is 76.5 cm³/mol. The van der Waals surface area contributed by atoms with Gasteiger partial charge in [0.2, 0.25) is 0 Å². The van der Waals surface area contributed by atoms with E-state index in [1.54, 1.807) is 24.3 Å². The Labute approximate surface area is 125 Å². The van der Waals surface area contributed by atoms with Crippen LogP contribution >= 0.6 is 31.9 Å². The lowest BCUT2D eigenvalue weighted by atomic mass is 10.1. The van der Waals surface area contributed by atoms with Crippen molar-refractivity contribution in [2.24, 2.45) is 0 Å². The van der Waals surface area contributed by atoms with Crippen molar-refractivity contribution in [3.05, 3.63) is 50.8 Å². The minimum absolute atomic E-state index is 0.318. The van der Waals surface area contributed by atoms with Crippen LogP contribution in [0.3, 0.4) is 0 Å². The van der Waals surface area contributed by atoms with Gasteiger partial charge in [0.1, 0.15) is 9.21 Å². The molecule has 0 atom stereocenters. The number of halogens is 2. The quantitative estimate of drug-likeness (QED) is 0.866. The summed E-state index contributed by atoms with van der Waals surface area (Å²) in [5, 5.41) is 11.3. The first-order valence-corrected chi connectivity index (χ1v) is 6.68. The van der Waals surface area contributed by atoms with Gasteiger partial charge >= 0.3 is 0 Å². The molecule has 19 heavy (non-hydrogen) atoms. The maximum atomic E-state index is 12.0. The van der Waals surface area contributed by atoms with Gasteiger partial charge in [-0.05, 0) is 56.1 Å². The number of nitriles is 1. The second kappa shape index (κ2) is 5.91. The SMILES string of the molecule is N#Cc1ccc(C(=O)Nc2ncc(Br)nc2Br)cc1. The molecular formula is C12H6Br2N4O. The minimum atomic E-state index is -0.318. The van der Waals surface area contributed by atoms with Crippen molar-refractivity contribution >= 4 is 43.6 Å². The lowest BCUT2D eigenvalue weighted by molar-refractivity contribution is 0.102. The van der Waals surface area contributed by atoms with Gasteiger partial charge in [-0.2, -0.15) is 5.26 Å². The molecule has 7 heteroatoms. The number of carbonyl (C=O) groups is 1. The van der Waals surface area contributed by atoms with Crippen LogP contribution in [0.15, 0.2) is 39.7 Å². The smallest absolute Gasteiger partial charge is 0.256 e. The highest BCUT2D eigenvalue weighted by atomic mass is 79.9. The van der Waals surface area contributed by atoms with E-state index in [4.69, 9.17) is 5.26 Å². The van der Waals surface area contributed by atoms with E-state index >= 15 is 0 Å². The third kappa shape index (κ3) is 3.36. The van der Waals surface area contributed by atoms with Crippen LogP contribution in [0.5, 0.6) is 0 Å². The molecule has 1 aromatic carbocycles. The van der Waals surface area contributed by atoms with Crippen molar-refractivity contribution in [2.45, 2.75) is 0 Å². The Morgan fingerprint density at radius 1 is 1.26 bits per heavy atom. The zero-order valence-electron chi connectivity index (χ0n) is 9.39. The van der Waals surface area contributed by atoms with Crippen molar-refractivity contribution in [3.8, 4) is 6.07 Å². The highest BCUT2D eigenvalue weighted by Gasteiger charge is 2.10. The van der Waals surface area contributed by atoms with E-state index in [1.807, 2.05) is 6.07 Å². The van der Waals surface area contributed by atoms with E-state index in [0.717, 1.165) is 0 Å². The first-order valence-electron chi connectivity index (χ1n) is 5.09. The summed E-state index contributed by atoms with van der Waals surface area (Å²) in [6.45, 7) is 0. The summed E-state index contributed by atoms with van der Waals surface area (Å²) in [6, 6.07) is 8.31. The van der Waals surface area contributed by atoms with E-state index < -0.39 is 0 Å². The standard InChI is InChI=1S/C12H6Br2N4O/c13-9-6-16-11(10(14)17-9)18-12(19)8-3-1-7(5-15)2-4-8/h1-4,6H,(H,16,18,19). The van der Waals surface area contributed by atoms with Crippen LogP contribution in [0.4, 0.5) is 5.82 Å². The van der Waals surface area contributed by atoms with Crippen LogP contribution in [-0.2, 0) is 0 Å². The zero-order chi connectivity index (χ0) is 13.8. The fourth-order valence-corrected chi connectivity index (χ4v) is 2.22. The number of rotatable bonds is 2. The van der Waals surface area contributed by atoms with Crippen molar-refractivity contribution < 1.29 is 4.79 Å². The summed E-state index contributed by atoms with van der Waals surface area (Å²) in [5.74, 6) is 0.0133. The highest BCUT2D eigenvalue weighted by molar-refractivity contribution is 9.11. The lowest BCUT2D eigenvalue weighted by Gasteiger charge is -2.06. The first-order chi connectivity index (χ1) is 9.10. The van der Waals surface area contributed by atoms with Crippen molar-refractivity contribution in [2.75, 3.05) is 5.32 Å². The minimum Gasteiger partial charge on any atom is -0.304 e. The first kappa shape index (κ1) is 13.6. The molecular weight excluding hydrogens is 376 g/mol. The highest BCUT2D eigenvalue weighted by Crippen LogP contribution is 2.20. The van der Waals surface area contributed by atoms with Crippen LogP contribution < -0.4 is 5.32 Å². The second-order valence-electron chi connectivity index (χ2n) is 3.48. The largest absolute Gasteiger partial charge is 0.304 e. The Morgan fingerprint density at radius 2 is 1.95 bits per heavy atom. The average Bonchev–Trinajstić information content (AvgIpc) is 2.42. The molecule has 0 fully saturated rings. The molecule has 1 aromatic heterocycles. The second-order valence-corrected chi connectivity index (χ2v) is 5.04. The summed E-state index contributed by atoms with van der Waals surface area (Å²) >= 11 is 6.39. The summed E-state index contributed by atoms with van der Waals surface area (Å²) in [6.07, 6.45) is 1.49. The molecule has 2 rings (SSSR count). The van der Waals surface area contributed by atoms with E-state index in [-0.39, 0.29) is 5.91 Å². The number of benzene rings is 1. The molecule has 0 aliphatic rings. The molecule has 0 aliphatic heterocycles. The maximum absolute atomic E-state index is 12.0. The van der Waals surface area contributed by atoms with Gasteiger partial charge in [-0.25, -0.2) is 9.97 Å². The third-order valence-corrected chi connectivity index (χ3v) is 3.14. The van der Waals surface area contributed by atoms with Crippen LogP contribution in [0.2, 0.25) is 0 Å². The van der Waals surface area contributed by atoms with E-state index in [0.29, 0.717) is 26.2 Å². The molecule has 0 unspecified atom stereocenters. The average molecular weight is 382 g/mol. The number of nitrogens with zero attached hydrogens (tertiary/aromatic N) is 3. The Kier molecular flexibility index (Phi) is 4.24. The third-order valence-electron chi connectivity index (χ3n) is 2.21. The van der Waals surface area contributed by atoms with Crippen LogP contribution in [-0.4, -0.2) is 15.9 Å². The Hall–Kier alpha value is -1.78. The van der Waals surface area contributed by atoms with E-state index in [1.165, 1.54) is 6.20 Å². The van der Waals surface area contributed by atoms with Gasteiger partial charge in [-0.1, -0.05) is 0 Å². The van der Waals surface area contributed by atoms with Crippen LogP contribution in [0, 0.1) is 11.3 Å². The zero-order valence-corrected chi connectivity index (χ0v) is 12.6. The molecule has 0 bridgehead atoms. The topological polar surface area (TPSA) is 78.7 Å². The Morgan fingerprint density at radius 3 is 2.53 bits per heavy atom. The molecule has 5 nitrogen and oxygen atoms in total. The van der Waals surface area contributed by atoms with Crippen molar-refractivity contribution in [1.82, 2.24) is 9.97 Å². The van der Waals surface area contributed by atoms with E-state index in [9.17, 15) is 4.79 Å². The lowest BCUT2D eigenvalue weighted by Crippen LogP contribution is -2.13. The predicted octanol–water partition coefficient (Wildman–Crippen LogP) is 3.13. The Balaban J connectivity index is 2.18. The number of hydrogen-bond donors (Lipinski definition) is 1. The number of nitrogens with one attached hydrogen (secondary N) is 1.